The molecule has 1 aromatic carbocycles. The van der Waals surface area contributed by atoms with Gasteiger partial charge in [0.1, 0.15) is 0 Å². The van der Waals surface area contributed by atoms with Crippen molar-refractivity contribution in [1.29, 1.82) is 0 Å². The third kappa shape index (κ3) is 5.07. The van der Waals surface area contributed by atoms with E-state index in [-0.39, 0.29) is 36.7 Å². The first-order valence-electron chi connectivity index (χ1n) is 11.0. The topological polar surface area (TPSA) is 18.5 Å². The Labute approximate surface area is 171 Å². The van der Waals surface area contributed by atoms with Crippen LogP contribution in [0.2, 0.25) is 0 Å². The van der Waals surface area contributed by atoms with Crippen LogP contribution in [-0.2, 0) is 4.74 Å². The zero-order chi connectivity index (χ0) is 21.0. The maximum atomic E-state index is 14.8. The second kappa shape index (κ2) is 9.67. The Morgan fingerprint density at radius 3 is 2.31 bits per heavy atom. The van der Waals surface area contributed by atoms with Gasteiger partial charge in [0.15, 0.2) is 11.6 Å². The van der Waals surface area contributed by atoms with Crippen LogP contribution in [0, 0.1) is 23.5 Å². The van der Waals surface area contributed by atoms with Crippen molar-refractivity contribution in [3.63, 3.8) is 0 Å². The zero-order valence-electron chi connectivity index (χ0n) is 17.4. The Balaban J connectivity index is 1.60. The van der Waals surface area contributed by atoms with Crippen LogP contribution in [0.1, 0.15) is 76.7 Å². The Morgan fingerprint density at radius 2 is 1.69 bits per heavy atom. The summed E-state index contributed by atoms with van der Waals surface area (Å²) < 4.78 is 68.9. The van der Waals surface area contributed by atoms with Crippen molar-refractivity contribution in [1.82, 2.24) is 0 Å². The van der Waals surface area contributed by atoms with Crippen LogP contribution in [0.25, 0.3) is 0 Å². The summed E-state index contributed by atoms with van der Waals surface area (Å²) >= 11 is 0. The highest BCUT2D eigenvalue weighted by atomic mass is 19.3. The van der Waals surface area contributed by atoms with Crippen molar-refractivity contribution in [2.45, 2.75) is 83.2 Å². The van der Waals surface area contributed by atoms with E-state index in [1.807, 2.05) is 6.92 Å². The first-order chi connectivity index (χ1) is 13.9. The van der Waals surface area contributed by atoms with Gasteiger partial charge in [-0.3, -0.25) is 0 Å². The number of hydrogen-bond donors (Lipinski definition) is 0. The van der Waals surface area contributed by atoms with Crippen molar-refractivity contribution in [2.24, 2.45) is 11.8 Å². The smallest absolute Gasteiger partial charge is 0.253 e. The molecule has 1 aromatic rings. The fourth-order valence-corrected chi connectivity index (χ4v) is 5.10. The summed E-state index contributed by atoms with van der Waals surface area (Å²) in [5.41, 5.74) is 0.341. The van der Waals surface area contributed by atoms with E-state index >= 15 is 0 Å². The lowest BCUT2D eigenvalue weighted by Gasteiger charge is -2.42. The molecule has 2 fully saturated rings. The zero-order valence-corrected chi connectivity index (χ0v) is 17.4. The Morgan fingerprint density at radius 1 is 0.966 bits per heavy atom. The van der Waals surface area contributed by atoms with Crippen molar-refractivity contribution < 1.29 is 27.0 Å². The molecule has 0 bridgehead atoms. The van der Waals surface area contributed by atoms with Crippen molar-refractivity contribution in [3.8, 4) is 5.75 Å². The van der Waals surface area contributed by atoms with Gasteiger partial charge >= 0.3 is 0 Å². The van der Waals surface area contributed by atoms with Crippen LogP contribution in [0.3, 0.4) is 0 Å². The highest BCUT2D eigenvalue weighted by Crippen LogP contribution is 2.49. The molecule has 0 aliphatic heterocycles. The Kier molecular flexibility index (Phi) is 7.47. The summed E-state index contributed by atoms with van der Waals surface area (Å²) in [5.74, 6) is -5.44. The number of hydrogen-bond acceptors (Lipinski definition) is 2. The number of ether oxygens (including phenoxy) is 2. The van der Waals surface area contributed by atoms with E-state index in [9.17, 15) is 17.6 Å². The van der Waals surface area contributed by atoms with E-state index in [1.165, 1.54) is 6.07 Å². The Bertz CT molecular complexity index is 671. The predicted octanol–water partition coefficient (Wildman–Crippen LogP) is 6.87. The molecular formula is C23H32F4O2. The molecule has 2 aliphatic carbocycles. The molecule has 164 valence electrons. The minimum absolute atomic E-state index is 0.0658. The van der Waals surface area contributed by atoms with Crippen LogP contribution in [-0.4, -0.2) is 25.2 Å². The third-order valence-electron chi connectivity index (χ3n) is 6.56. The van der Waals surface area contributed by atoms with Gasteiger partial charge in [-0.05, 0) is 75.3 Å². The maximum absolute atomic E-state index is 14.8. The van der Waals surface area contributed by atoms with E-state index in [2.05, 4.69) is 0 Å². The molecule has 0 radical (unpaired) electrons. The quantitative estimate of drug-likeness (QED) is 0.452. The fourth-order valence-electron chi connectivity index (χ4n) is 5.10. The van der Waals surface area contributed by atoms with Gasteiger partial charge in [0.2, 0.25) is 5.82 Å². The van der Waals surface area contributed by atoms with Crippen LogP contribution in [0.4, 0.5) is 17.6 Å². The van der Waals surface area contributed by atoms with Gasteiger partial charge in [-0.2, -0.15) is 4.39 Å². The molecule has 0 N–H and O–H groups in total. The molecule has 3 rings (SSSR count). The largest absolute Gasteiger partial charge is 0.491 e. The molecule has 0 aromatic heterocycles. The van der Waals surface area contributed by atoms with Crippen molar-refractivity contribution in [2.75, 3.05) is 13.2 Å². The summed E-state index contributed by atoms with van der Waals surface area (Å²) in [6.07, 6.45) is 3.91. The van der Waals surface area contributed by atoms with Gasteiger partial charge in [0, 0.05) is 18.9 Å². The van der Waals surface area contributed by atoms with Gasteiger partial charge < -0.3 is 9.47 Å². The van der Waals surface area contributed by atoms with E-state index in [0.717, 1.165) is 6.42 Å². The van der Waals surface area contributed by atoms with E-state index < -0.39 is 23.5 Å². The average molecular weight is 416 g/mol. The van der Waals surface area contributed by atoms with Crippen LogP contribution >= 0.6 is 0 Å². The summed E-state index contributed by atoms with van der Waals surface area (Å²) in [4.78, 5) is 0. The van der Waals surface area contributed by atoms with E-state index in [4.69, 9.17) is 9.47 Å². The first kappa shape index (κ1) is 22.4. The normalized spacial score (nSPS) is 29.6. The molecule has 6 heteroatoms. The number of benzene rings is 1. The van der Waals surface area contributed by atoms with Crippen LogP contribution in [0.15, 0.2) is 12.1 Å². The van der Waals surface area contributed by atoms with Gasteiger partial charge in [-0.15, -0.1) is 0 Å². The lowest BCUT2D eigenvalue weighted by molar-refractivity contribution is -0.152. The van der Waals surface area contributed by atoms with Crippen LogP contribution < -0.4 is 4.74 Å². The molecule has 2 unspecified atom stereocenters. The van der Waals surface area contributed by atoms with Crippen molar-refractivity contribution in [3.05, 3.63) is 29.3 Å². The van der Waals surface area contributed by atoms with Gasteiger partial charge in [-0.1, -0.05) is 13.0 Å². The lowest BCUT2D eigenvalue weighted by Crippen LogP contribution is -2.43. The number of halogens is 4. The van der Waals surface area contributed by atoms with Crippen molar-refractivity contribution >= 4 is 0 Å². The molecule has 2 nitrogen and oxygen atoms in total. The second-order valence-electron chi connectivity index (χ2n) is 8.47. The van der Waals surface area contributed by atoms with Crippen LogP contribution in [0.5, 0.6) is 5.75 Å². The Hall–Kier alpha value is -1.30. The summed E-state index contributed by atoms with van der Waals surface area (Å²) in [6, 6.07) is 3.05. The number of rotatable bonds is 7. The van der Waals surface area contributed by atoms with Gasteiger partial charge in [-0.25, -0.2) is 13.2 Å². The van der Waals surface area contributed by atoms with E-state index in [0.29, 0.717) is 50.7 Å². The molecule has 0 amide bonds. The first-order valence-corrected chi connectivity index (χ1v) is 11.0. The standard InChI is InChI=1S/C23H32F4O2/c1-3-13-29-17-9-11-19(23(26,27)14-17)16-7-5-15(6-8-16)18-10-12-20(28-4-2)22(25)21(18)24/h10,12,15-17,19H,3-9,11,13-14H2,1-2H3. The molecular weight excluding hydrogens is 384 g/mol. The highest BCUT2D eigenvalue weighted by Gasteiger charge is 2.49. The average Bonchev–Trinajstić information content (AvgIpc) is 2.70. The minimum Gasteiger partial charge on any atom is -0.491 e. The fraction of sp³-hybridized carbons (Fsp3) is 0.739. The SMILES string of the molecule is CCCOC1CCC(C2CCC(c3ccc(OCC)c(F)c3F)CC2)C(F)(F)C1. The molecule has 2 atom stereocenters. The molecule has 29 heavy (non-hydrogen) atoms. The second-order valence-corrected chi connectivity index (χ2v) is 8.47. The van der Waals surface area contributed by atoms with Gasteiger partial charge in [0.25, 0.3) is 5.92 Å². The van der Waals surface area contributed by atoms with Gasteiger partial charge in [0.05, 0.1) is 12.7 Å². The monoisotopic (exact) mass is 416 g/mol. The number of alkyl halides is 2. The molecule has 2 saturated carbocycles. The summed E-state index contributed by atoms with van der Waals surface area (Å²) in [5, 5.41) is 0. The van der Waals surface area contributed by atoms with E-state index in [1.54, 1.807) is 13.0 Å². The summed E-state index contributed by atoms with van der Waals surface area (Å²) in [7, 11) is 0. The minimum atomic E-state index is -2.72. The lowest BCUT2D eigenvalue weighted by atomic mass is 9.68. The molecule has 0 saturated heterocycles. The molecule has 0 heterocycles. The summed E-state index contributed by atoms with van der Waals surface area (Å²) in [6.45, 7) is 4.48. The highest BCUT2D eigenvalue weighted by molar-refractivity contribution is 5.33. The maximum Gasteiger partial charge on any atom is 0.253 e. The molecule has 0 spiro atoms. The predicted molar refractivity (Wildman–Crippen MR) is 105 cm³/mol. The third-order valence-corrected chi connectivity index (χ3v) is 6.56. The molecule has 2 aliphatic rings.